The first-order valence-electron chi connectivity index (χ1n) is 9.04. The largest absolute Gasteiger partial charge is 0.358 e. The Morgan fingerprint density at radius 3 is 2.54 bits per heavy atom. The zero-order valence-corrected chi connectivity index (χ0v) is 16.9. The molecule has 0 aliphatic rings. The van der Waals surface area contributed by atoms with Crippen LogP contribution in [-0.4, -0.2) is 15.0 Å². The maximum Gasteiger partial charge on any atom is 0.0490 e. The molecule has 0 aromatic carbocycles. The highest BCUT2D eigenvalue weighted by molar-refractivity contribution is 7.19. The zero-order valence-electron chi connectivity index (χ0n) is 16.1. The Hall–Kier alpha value is -2.20. The van der Waals surface area contributed by atoms with Crippen molar-refractivity contribution in [2.24, 2.45) is 0 Å². The molecule has 0 radical (unpaired) electrons. The Balaban J connectivity index is 1.66. The molecule has 134 valence electrons. The van der Waals surface area contributed by atoms with Gasteiger partial charge in [0.05, 0.1) is 0 Å². The number of aromatic nitrogens is 3. The third-order valence-electron chi connectivity index (χ3n) is 4.98. The Kier molecular flexibility index (Phi) is 3.92. The van der Waals surface area contributed by atoms with Gasteiger partial charge in [-0.05, 0) is 30.7 Å². The molecule has 0 atom stereocenters. The average Bonchev–Trinajstić information content (AvgIpc) is 3.18. The summed E-state index contributed by atoms with van der Waals surface area (Å²) in [6.45, 7) is 11.3. The van der Waals surface area contributed by atoms with Crippen LogP contribution in [0.3, 0.4) is 0 Å². The number of nitrogens with one attached hydrogen (secondary N) is 1. The number of nitrogens with zero attached hydrogens (tertiary/aromatic N) is 2. The molecule has 0 aliphatic carbocycles. The predicted octanol–water partition coefficient (Wildman–Crippen LogP) is 5.99. The quantitative estimate of drug-likeness (QED) is 0.486. The molecule has 0 aliphatic heterocycles. The maximum absolute atomic E-state index is 4.74. The highest BCUT2D eigenvalue weighted by Gasteiger charge is 2.25. The third kappa shape index (κ3) is 3.14. The topological polar surface area (TPSA) is 41.6 Å². The molecule has 0 bridgehead atoms. The molecule has 4 heteroatoms. The molecule has 3 nitrogen and oxygen atoms in total. The minimum Gasteiger partial charge on any atom is -0.358 e. The molecule has 0 saturated heterocycles. The van der Waals surface area contributed by atoms with Gasteiger partial charge in [-0.1, -0.05) is 34.6 Å². The van der Waals surface area contributed by atoms with Crippen LogP contribution >= 0.6 is 11.3 Å². The minimum atomic E-state index is 0.0316. The molecule has 4 aromatic rings. The summed E-state index contributed by atoms with van der Waals surface area (Å²) in [4.78, 5) is 13.9. The predicted molar refractivity (Wildman–Crippen MR) is 111 cm³/mol. The Morgan fingerprint density at radius 2 is 1.81 bits per heavy atom. The van der Waals surface area contributed by atoms with Gasteiger partial charge in [-0.15, -0.1) is 11.3 Å². The molecular formula is C22H25N3S. The van der Waals surface area contributed by atoms with Gasteiger partial charge in [-0.2, -0.15) is 0 Å². The molecule has 0 spiro atoms. The first kappa shape index (κ1) is 17.2. The monoisotopic (exact) mass is 363 g/mol. The van der Waals surface area contributed by atoms with E-state index in [1.165, 1.54) is 31.6 Å². The SMILES string of the molecule is CC(C)(C)c1cc2cnc(CC(C)(C)c3cc4cnccc4s3)cc2[nH]1. The van der Waals surface area contributed by atoms with Crippen molar-refractivity contribution in [3.8, 4) is 0 Å². The summed E-state index contributed by atoms with van der Waals surface area (Å²) in [5.74, 6) is 0. The van der Waals surface area contributed by atoms with Crippen LogP contribution in [0.2, 0.25) is 0 Å². The maximum atomic E-state index is 4.74. The number of rotatable bonds is 3. The minimum absolute atomic E-state index is 0.0316. The number of hydrogen-bond acceptors (Lipinski definition) is 3. The third-order valence-corrected chi connectivity index (χ3v) is 6.46. The van der Waals surface area contributed by atoms with Gasteiger partial charge in [0.25, 0.3) is 0 Å². The number of H-pyrrole nitrogens is 1. The van der Waals surface area contributed by atoms with Gasteiger partial charge in [0, 0.05) is 66.7 Å². The van der Waals surface area contributed by atoms with Crippen LogP contribution in [0.4, 0.5) is 0 Å². The molecule has 4 aromatic heterocycles. The number of thiophene rings is 1. The lowest BCUT2D eigenvalue weighted by Crippen LogP contribution is -2.19. The first-order valence-corrected chi connectivity index (χ1v) is 9.86. The molecule has 0 unspecified atom stereocenters. The van der Waals surface area contributed by atoms with Crippen molar-refractivity contribution in [1.82, 2.24) is 15.0 Å². The molecule has 4 heterocycles. The van der Waals surface area contributed by atoms with Crippen molar-refractivity contribution in [2.45, 2.75) is 51.9 Å². The van der Waals surface area contributed by atoms with Gasteiger partial charge in [0.2, 0.25) is 0 Å². The van der Waals surface area contributed by atoms with Crippen molar-refractivity contribution in [2.75, 3.05) is 0 Å². The van der Waals surface area contributed by atoms with Crippen LogP contribution in [0.5, 0.6) is 0 Å². The van der Waals surface area contributed by atoms with E-state index in [1.807, 2.05) is 29.9 Å². The summed E-state index contributed by atoms with van der Waals surface area (Å²) < 4.78 is 1.30. The van der Waals surface area contributed by atoms with Crippen LogP contribution in [0.1, 0.15) is 50.9 Å². The second-order valence-corrected chi connectivity index (χ2v) is 9.86. The lowest BCUT2D eigenvalue weighted by Gasteiger charge is -2.22. The zero-order chi connectivity index (χ0) is 18.5. The highest BCUT2D eigenvalue weighted by Crippen LogP contribution is 2.36. The van der Waals surface area contributed by atoms with Gasteiger partial charge < -0.3 is 4.98 Å². The Labute approximate surface area is 158 Å². The van der Waals surface area contributed by atoms with E-state index in [0.29, 0.717) is 0 Å². The number of fused-ring (bicyclic) bond motifs is 2. The number of pyridine rings is 2. The van der Waals surface area contributed by atoms with Crippen LogP contribution in [0.25, 0.3) is 21.0 Å². The molecule has 26 heavy (non-hydrogen) atoms. The lowest BCUT2D eigenvalue weighted by molar-refractivity contribution is 0.527. The van der Waals surface area contributed by atoms with Crippen molar-refractivity contribution < 1.29 is 0 Å². The fraction of sp³-hybridized carbons (Fsp3) is 0.364. The van der Waals surface area contributed by atoms with Crippen molar-refractivity contribution in [3.63, 3.8) is 0 Å². The van der Waals surface area contributed by atoms with Crippen LogP contribution in [0, 0.1) is 0 Å². The van der Waals surface area contributed by atoms with Crippen LogP contribution in [-0.2, 0) is 17.3 Å². The van der Waals surface area contributed by atoms with Crippen LogP contribution < -0.4 is 0 Å². The molecule has 0 amide bonds. The van der Waals surface area contributed by atoms with Gasteiger partial charge >= 0.3 is 0 Å². The number of hydrogen-bond donors (Lipinski definition) is 1. The fourth-order valence-corrected chi connectivity index (χ4v) is 4.46. The molecule has 0 saturated carbocycles. The van der Waals surface area contributed by atoms with Crippen molar-refractivity contribution in [3.05, 3.63) is 59.1 Å². The highest BCUT2D eigenvalue weighted by atomic mass is 32.1. The average molecular weight is 364 g/mol. The summed E-state index contributed by atoms with van der Waals surface area (Å²) >= 11 is 1.86. The summed E-state index contributed by atoms with van der Waals surface area (Å²) in [6, 6.07) is 8.80. The summed E-state index contributed by atoms with van der Waals surface area (Å²) in [5, 5.41) is 2.41. The summed E-state index contributed by atoms with van der Waals surface area (Å²) in [6.07, 6.45) is 6.72. The van der Waals surface area contributed by atoms with Crippen LogP contribution in [0.15, 0.2) is 42.9 Å². The standard InChI is InChI=1S/C22H25N3S/c1-21(2,3)19-8-14-13-24-16(10-17(14)25-19)11-22(4,5)20-9-15-12-23-7-6-18(15)26-20/h6-10,12-13,25H,11H2,1-5H3. The van der Waals surface area contributed by atoms with E-state index in [-0.39, 0.29) is 10.8 Å². The van der Waals surface area contributed by atoms with Gasteiger partial charge in [0.1, 0.15) is 0 Å². The van der Waals surface area contributed by atoms with E-state index >= 15 is 0 Å². The second-order valence-electron chi connectivity index (χ2n) is 8.78. The van der Waals surface area contributed by atoms with Gasteiger partial charge in [-0.3, -0.25) is 9.97 Å². The summed E-state index contributed by atoms with van der Waals surface area (Å²) in [7, 11) is 0. The molecular weight excluding hydrogens is 338 g/mol. The van der Waals surface area contributed by atoms with E-state index in [2.05, 4.69) is 68.9 Å². The van der Waals surface area contributed by atoms with E-state index in [9.17, 15) is 0 Å². The van der Waals surface area contributed by atoms with E-state index in [4.69, 9.17) is 4.98 Å². The molecule has 4 rings (SSSR count). The number of aromatic amines is 1. The fourth-order valence-electron chi connectivity index (χ4n) is 3.33. The van der Waals surface area contributed by atoms with Gasteiger partial charge in [-0.25, -0.2) is 0 Å². The van der Waals surface area contributed by atoms with Crippen molar-refractivity contribution >= 4 is 32.3 Å². The summed E-state index contributed by atoms with van der Waals surface area (Å²) in [5.41, 5.74) is 3.70. The van der Waals surface area contributed by atoms with E-state index in [1.54, 1.807) is 0 Å². The first-order chi connectivity index (χ1) is 12.2. The normalized spacial score (nSPS) is 13.0. The van der Waals surface area contributed by atoms with Crippen molar-refractivity contribution in [1.29, 1.82) is 0 Å². The molecule has 1 N–H and O–H groups in total. The Morgan fingerprint density at radius 1 is 1.00 bits per heavy atom. The second kappa shape index (κ2) is 5.92. The van der Waals surface area contributed by atoms with E-state index in [0.717, 1.165) is 12.1 Å². The lowest BCUT2D eigenvalue weighted by atomic mass is 9.85. The van der Waals surface area contributed by atoms with Gasteiger partial charge in [0.15, 0.2) is 0 Å². The molecule has 0 fully saturated rings. The van der Waals surface area contributed by atoms with E-state index < -0.39 is 0 Å². The smallest absolute Gasteiger partial charge is 0.0490 e. The Bertz CT molecular complexity index is 1050.